The van der Waals surface area contributed by atoms with Gasteiger partial charge < -0.3 is 19.7 Å². The van der Waals surface area contributed by atoms with Crippen LogP contribution in [0.15, 0.2) is 24.3 Å². The summed E-state index contributed by atoms with van der Waals surface area (Å²) in [6.07, 6.45) is 1.14. The molecule has 0 radical (unpaired) electrons. The molecule has 1 amide bonds. The predicted molar refractivity (Wildman–Crippen MR) is 77.1 cm³/mol. The van der Waals surface area contributed by atoms with Gasteiger partial charge in [0, 0.05) is 13.1 Å². The second-order valence-corrected chi connectivity index (χ2v) is 5.16. The zero-order valence-electron chi connectivity index (χ0n) is 12.1. The fourth-order valence-corrected chi connectivity index (χ4v) is 2.38. The van der Waals surface area contributed by atoms with Gasteiger partial charge >= 0.3 is 0 Å². The highest BCUT2D eigenvalue weighted by molar-refractivity contribution is 5.77. The van der Waals surface area contributed by atoms with Gasteiger partial charge in [-0.15, -0.1) is 0 Å². The fourth-order valence-electron chi connectivity index (χ4n) is 2.38. The molecule has 1 aromatic carbocycles. The van der Waals surface area contributed by atoms with Gasteiger partial charge in [-0.25, -0.2) is 0 Å². The summed E-state index contributed by atoms with van der Waals surface area (Å²) in [6.45, 7) is 2.90. The Kier molecular flexibility index (Phi) is 5.24. The molecule has 2 rings (SSSR count). The largest absolute Gasteiger partial charge is 0.493 e. The lowest BCUT2D eigenvalue weighted by atomic mass is 10.1. The quantitative estimate of drug-likeness (QED) is 0.848. The Morgan fingerprint density at radius 1 is 1.40 bits per heavy atom. The molecule has 5 nitrogen and oxygen atoms in total. The van der Waals surface area contributed by atoms with E-state index in [0.29, 0.717) is 17.4 Å². The van der Waals surface area contributed by atoms with Crippen LogP contribution in [0, 0.1) is 5.92 Å². The molecule has 1 N–H and O–H groups in total. The van der Waals surface area contributed by atoms with Crippen LogP contribution in [0.25, 0.3) is 0 Å². The molecule has 5 heteroatoms. The first-order valence-corrected chi connectivity index (χ1v) is 6.90. The number of hydrogen-bond acceptors (Lipinski definition) is 4. The first kappa shape index (κ1) is 14.7. The molecule has 1 unspecified atom stereocenters. The van der Waals surface area contributed by atoms with E-state index in [0.717, 1.165) is 26.1 Å². The highest BCUT2D eigenvalue weighted by Crippen LogP contribution is 2.25. The van der Waals surface area contributed by atoms with Gasteiger partial charge in [0.25, 0.3) is 5.91 Å². The average Bonchev–Trinajstić information content (AvgIpc) is 2.89. The maximum Gasteiger partial charge on any atom is 0.257 e. The van der Waals surface area contributed by atoms with Gasteiger partial charge in [-0.2, -0.15) is 0 Å². The molecule has 1 fully saturated rings. The van der Waals surface area contributed by atoms with Crippen molar-refractivity contribution in [1.82, 2.24) is 10.2 Å². The topological polar surface area (TPSA) is 50.8 Å². The zero-order chi connectivity index (χ0) is 14.4. The van der Waals surface area contributed by atoms with E-state index in [1.165, 1.54) is 0 Å². The normalized spacial score (nSPS) is 18.8. The Balaban J connectivity index is 1.72. The van der Waals surface area contributed by atoms with Gasteiger partial charge in [0.15, 0.2) is 18.1 Å². The number of hydrogen-bond donors (Lipinski definition) is 1. The predicted octanol–water partition coefficient (Wildman–Crippen LogP) is 1.14. The van der Waals surface area contributed by atoms with E-state index in [-0.39, 0.29) is 12.5 Å². The Morgan fingerprint density at radius 2 is 2.15 bits per heavy atom. The van der Waals surface area contributed by atoms with Crippen LogP contribution in [0.5, 0.6) is 11.5 Å². The fraction of sp³-hybridized carbons (Fsp3) is 0.533. The van der Waals surface area contributed by atoms with Crippen LogP contribution in [-0.4, -0.2) is 51.2 Å². The third kappa shape index (κ3) is 4.13. The number of carbonyl (C=O) groups is 1. The molecule has 1 aliphatic heterocycles. The van der Waals surface area contributed by atoms with Gasteiger partial charge in [0.05, 0.1) is 7.11 Å². The minimum Gasteiger partial charge on any atom is -0.493 e. The number of carbonyl (C=O) groups excluding carboxylic acids is 1. The molecular formula is C15H22N2O3. The summed E-state index contributed by atoms with van der Waals surface area (Å²) >= 11 is 0. The molecule has 0 saturated carbocycles. The first-order valence-electron chi connectivity index (χ1n) is 6.90. The Labute approximate surface area is 119 Å². The summed E-state index contributed by atoms with van der Waals surface area (Å²) in [5.41, 5.74) is 0. The lowest BCUT2D eigenvalue weighted by Gasteiger charge is -2.13. The molecule has 0 aromatic heterocycles. The van der Waals surface area contributed by atoms with Crippen molar-refractivity contribution in [3.8, 4) is 11.5 Å². The van der Waals surface area contributed by atoms with Crippen LogP contribution >= 0.6 is 0 Å². The molecule has 1 heterocycles. The Bertz CT molecular complexity index is 450. The van der Waals surface area contributed by atoms with Crippen LogP contribution < -0.4 is 14.8 Å². The lowest BCUT2D eigenvalue weighted by Crippen LogP contribution is -2.33. The van der Waals surface area contributed by atoms with Crippen LogP contribution in [0.4, 0.5) is 0 Å². The molecule has 1 saturated heterocycles. The zero-order valence-corrected chi connectivity index (χ0v) is 12.1. The number of nitrogens with one attached hydrogen (secondary N) is 1. The molecule has 110 valence electrons. The molecule has 1 aromatic rings. The van der Waals surface area contributed by atoms with E-state index in [9.17, 15) is 4.79 Å². The third-order valence-electron chi connectivity index (χ3n) is 3.50. The van der Waals surface area contributed by atoms with Crippen molar-refractivity contribution in [2.24, 2.45) is 5.92 Å². The van der Waals surface area contributed by atoms with Crippen LogP contribution in [0.3, 0.4) is 0 Å². The molecule has 0 bridgehead atoms. The number of nitrogens with zero attached hydrogens (tertiary/aromatic N) is 1. The van der Waals surface area contributed by atoms with Gasteiger partial charge in [0.1, 0.15) is 0 Å². The van der Waals surface area contributed by atoms with Crippen LogP contribution in [0.1, 0.15) is 6.42 Å². The van der Waals surface area contributed by atoms with E-state index in [1.807, 2.05) is 18.2 Å². The summed E-state index contributed by atoms with van der Waals surface area (Å²) in [6, 6.07) is 7.31. The van der Waals surface area contributed by atoms with Crippen molar-refractivity contribution >= 4 is 5.91 Å². The van der Waals surface area contributed by atoms with Crippen LogP contribution in [0.2, 0.25) is 0 Å². The summed E-state index contributed by atoms with van der Waals surface area (Å²) in [5.74, 6) is 1.68. The SMILES string of the molecule is COc1ccccc1OCC(=O)NCC1CCN(C)C1. The van der Waals surface area contributed by atoms with E-state index < -0.39 is 0 Å². The lowest BCUT2D eigenvalue weighted by molar-refractivity contribution is -0.123. The van der Waals surface area contributed by atoms with Gasteiger partial charge in [0.2, 0.25) is 0 Å². The van der Waals surface area contributed by atoms with Crippen LogP contribution in [-0.2, 0) is 4.79 Å². The van der Waals surface area contributed by atoms with E-state index in [1.54, 1.807) is 13.2 Å². The average molecular weight is 278 g/mol. The number of amides is 1. The monoisotopic (exact) mass is 278 g/mol. The number of ether oxygens (including phenoxy) is 2. The minimum atomic E-state index is -0.0922. The third-order valence-corrected chi connectivity index (χ3v) is 3.50. The van der Waals surface area contributed by atoms with Crippen molar-refractivity contribution < 1.29 is 14.3 Å². The molecule has 0 spiro atoms. The summed E-state index contributed by atoms with van der Waals surface area (Å²) < 4.78 is 10.6. The van der Waals surface area contributed by atoms with Gasteiger partial charge in [-0.1, -0.05) is 12.1 Å². The second-order valence-electron chi connectivity index (χ2n) is 5.16. The number of benzene rings is 1. The highest BCUT2D eigenvalue weighted by atomic mass is 16.5. The number of para-hydroxylation sites is 2. The van der Waals surface area contributed by atoms with Crippen molar-refractivity contribution in [2.45, 2.75) is 6.42 Å². The Morgan fingerprint density at radius 3 is 2.80 bits per heavy atom. The van der Waals surface area contributed by atoms with Gasteiger partial charge in [-0.3, -0.25) is 4.79 Å². The summed E-state index contributed by atoms with van der Waals surface area (Å²) in [7, 11) is 3.69. The standard InChI is InChI=1S/C15H22N2O3/c1-17-8-7-12(10-17)9-16-15(18)11-20-14-6-4-3-5-13(14)19-2/h3-6,12H,7-11H2,1-2H3,(H,16,18). The summed E-state index contributed by atoms with van der Waals surface area (Å²) in [5, 5.41) is 2.92. The summed E-state index contributed by atoms with van der Waals surface area (Å²) in [4.78, 5) is 14.0. The molecular weight excluding hydrogens is 256 g/mol. The van der Waals surface area contributed by atoms with Crippen molar-refractivity contribution in [3.05, 3.63) is 24.3 Å². The van der Waals surface area contributed by atoms with E-state index >= 15 is 0 Å². The molecule has 20 heavy (non-hydrogen) atoms. The maximum atomic E-state index is 11.8. The van der Waals surface area contributed by atoms with Crippen molar-refractivity contribution in [3.63, 3.8) is 0 Å². The molecule has 1 aliphatic rings. The van der Waals surface area contributed by atoms with Gasteiger partial charge in [-0.05, 0) is 38.1 Å². The number of rotatable bonds is 6. The smallest absolute Gasteiger partial charge is 0.257 e. The highest BCUT2D eigenvalue weighted by Gasteiger charge is 2.19. The van der Waals surface area contributed by atoms with E-state index in [4.69, 9.17) is 9.47 Å². The second kappa shape index (κ2) is 7.14. The first-order chi connectivity index (χ1) is 9.69. The molecule has 0 aliphatic carbocycles. The minimum absolute atomic E-state index is 0.0168. The Hall–Kier alpha value is -1.75. The van der Waals surface area contributed by atoms with Crippen molar-refractivity contribution in [1.29, 1.82) is 0 Å². The molecule has 1 atom stereocenters. The maximum absolute atomic E-state index is 11.8. The van der Waals surface area contributed by atoms with Crippen molar-refractivity contribution in [2.75, 3.05) is 40.4 Å². The number of methoxy groups -OCH3 is 1. The number of likely N-dealkylation sites (tertiary alicyclic amines) is 1. The van der Waals surface area contributed by atoms with E-state index in [2.05, 4.69) is 17.3 Å².